The molecule has 1 aliphatic rings. The lowest BCUT2D eigenvalue weighted by Crippen LogP contribution is -2.43. The van der Waals surface area contributed by atoms with Crippen LogP contribution in [0.15, 0.2) is 28.8 Å². The number of urea groups is 1. The summed E-state index contributed by atoms with van der Waals surface area (Å²) in [6.07, 6.45) is 0. The maximum absolute atomic E-state index is 12.9. The van der Waals surface area contributed by atoms with Crippen LogP contribution in [0, 0.1) is 5.82 Å². The van der Waals surface area contributed by atoms with Gasteiger partial charge in [0.1, 0.15) is 17.9 Å². The predicted octanol–water partition coefficient (Wildman–Crippen LogP) is 0.734. The van der Waals surface area contributed by atoms with E-state index in [-0.39, 0.29) is 30.2 Å². The van der Waals surface area contributed by atoms with Crippen molar-refractivity contribution in [3.63, 3.8) is 0 Å². The summed E-state index contributed by atoms with van der Waals surface area (Å²) < 4.78 is 18.0. The highest BCUT2D eigenvalue weighted by Crippen LogP contribution is 2.19. The molecule has 1 aromatic heterocycles. The van der Waals surface area contributed by atoms with Gasteiger partial charge in [-0.25, -0.2) is 9.18 Å². The molecule has 120 valence electrons. The van der Waals surface area contributed by atoms with Crippen LogP contribution in [-0.4, -0.2) is 34.7 Å². The monoisotopic (exact) mass is 319 g/mol. The predicted molar refractivity (Wildman–Crippen MR) is 76.6 cm³/mol. The van der Waals surface area contributed by atoms with Crippen LogP contribution in [0.5, 0.6) is 0 Å². The van der Waals surface area contributed by atoms with E-state index in [9.17, 15) is 14.0 Å². The molecule has 0 unspecified atom stereocenters. The minimum Gasteiger partial charge on any atom is -0.343 e. The number of hydrogen-bond acceptors (Lipinski definition) is 5. The highest BCUT2D eigenvalue weighted by molar-refractivity contribution is 5.90. The second kappa shape index (κ2) is 6.03. The summed E-state index contributed by atoms with van der Waals surface area (Å²) in [5, 5.41) is 11.5. The Morgan fingerprint density at radius 1 is 1.43 bits per heavy atom. The molecule has 2 atom stereocenters. The third kappa shape index (κ3) is 3.28. The van der Waals surface area contributed by atoms with Crippen molar-refractivity contribution in [2.45, 2.75) is 19.0 Å². The number of nitrogens with zero attached hydrogens (tertiary/aromatic N) is 2. The Morgan fingerprint density at radius 3 is 2.83 bits per heavy atom. The van der Waals surface area contributed by atoms with Crippen molar-refractivity contribution in [1.82, 2.24) is 26.1 Å². The summed E-state index contributed by atoms with van der Waals surface area (Å²) in [5.74, 6) is -0.186. The third-order valence-electron chi connectivity index (χ3n) is 3.36. The fourth-order valence-electron chi connectivity index (χ4n) is 2.12. The largest absolute Gasteiger partial charge is 0.343 e. The van der Waals surface area contributed by atoms with Crippen molar-refractivity contribution < 1.29 is 18.5 Å². The van der Waals surface area contributed by atoms with E-state index >= 15 is 0 Å². The zero-order valence-corrected chi connectivity index (χ0v) is 12.2. The van der Waals surface area contributed by atoms with E-state index in [2.05, 4.69) is 26.1 Å². The van der Waals surface area contributed by atoms with Gasteiger partial charge in [0, 0.05) is 12.1 Å². The van der Waals surface area contributed by atoms with Crippen LogP contribution in [0.25, 0.3) is 11.4 Å². The molecule has 3 N–H and O–H groups in total. The maximum atomic E-state index is 12.9. The van der Waals surface area contributed by atoms with Gasteiger partial charge in [0.25, 0.3) is 0 Å². The average Bonchev–Trinajstić information content (AvgIpc) is 3.17. The zero-order valence-electron chi connectivity index (χ0n) is 12.2. The first-order valence-electron chi connectivity index (χ1n) is 6.97. The van der Waals surface area contributed by atoms with E-state index in [1.165, 1.54) is 24.3 Å². The fourth-order valence-corrected chi connectivity index (χ4v) is 2.12. The number of benzene rings is 1. The van der Waals surface area contributed by atoms with E-state index in [1.807, 2.05) is 0 Å². The Kier molecular flexibility index (Phi) is 3.92. The normalized spacial score (nSPS) is 18.2. The van der Waals surface area contributed by atoms with Crippen LogP contribution >= 0.6 is 0 Å². The summed E-state index contributed by atoms with van der Waals surface area (Å²) in [7, 11) is 0. The van der Waals surface area contributed by atoms with Gasteiger partial charge in [0.2, 0.25) is 17.6 Å². The number of carbonyl (C=O) groups excluding carboxylic acids is 2. The van der Waals surface area contributed by atoms with E-state index in [0.29, 0.717) is 11.4 Å². The Morgan fingerprint density at radius 2 is 2.17 bits per heavy atom. The van der Waals surface area contributed by atoms with E-state index in [0.717, 1.165) is 0 Å². The topological polar surface area (TPSA) is 109 Å². The van der Waals surface area contributed by atoms with Gasteiger partial charge in [0.15, 0.2) is 0 Å². The van der Waals surface area contributed by atoms with Crippen molar-refractivity contribution in [1.29, 1.82) is 0 Å². The lowest BCUT2D eigenvalue weighted by atomic mass is 10.2. The van der Waals surface area contributed by atoms with Crippen LogP contribution in [0.4, 0.5) is 9.18 Å². The molecule has 0 spiro atoms. The first-order chi connectivity index (χ1) is 11.0. The second-order valence-electron chi connectivity index (χ2n) is 5.10. The molecule has 2 aromatic rings. The van der Waals surface area contributed by atoms with Gasteiger partial charge in [-0.15, -0.1) is 0 Å². The molecule has 1 saturated heterocycles. The molecule has 9 heteroatoms. The van der Waals surface area contributed by atoms with Gasteiger partial charge >= 0.3 is 6.03 Å². The van der Waals surface area contributed by atoms with Gasteiger partial charge in [-0.1, -0.05) is 5.16 Å². The number of carbonyl (C=O) groups is 2. The van der Waals surface area contributed by atoms with Crippen molar-refractivity contribution in [3.8, 4) is 11.4 Å². The van der Waals surface area contributed by atoms with Crippen molar-refractivity contribution in [2.75, 3.05) is 6.54 Å². The lowest BCUT2D eigenvalue weighted by Gasteiger charge is -2.13. The Balaban J connectivity index is 1.66. The molecular formula is C14H14FN5O3. The number of nitrogens with one attached hydrogen (secondary N) is 3. The van der Waals surface area contributed by atoms with Gasteiger partial charge < -0.3 is 20.5 Å². The van der Waals surface area contributed by atoms with Crippen molar-refractivity contribution in [3.05, 3.63) is 36.0 Å². The molecule has 1 aliphatic heterocycles. The highest BCUT2D eigenvalue weighted by Gasteiger charge is 2.28. The number of hydrogen-bond donors (Lipinski definition) is 3. The Labute approximate surface area is 130 Å². The summed E-state index contributed by atoms with van der Waals surface area (Å²) >= 11 is 0. The Hall–Kier alpha value is -2.97. The first kappa shape index (κ1) is 14.9. The molecule has 1 aromatic carbocycles. The standard InChI is InChI=1S/C14H14FN5O3/c1-7(17-12(21)10-6-16-14(22)18-10)13-19-11(20-23-13)8-2-4-9(15)5-3-8/h2-5,7,10H,6H2,1H3,(H,17,21)(H2,16,18,22)/t7-,10-/m0/s1. The van der Waals surface area contributed by atoms with Gasteiger partial charge in [0.05, 0.1) is 0 Å². The number of rotatable bonds is 4. The summed E-state index contributed by atoms with van der Waals surface area (Å²) in [4.78, 5) is 27.2. The van der Waals surface area contributed by atoms with Crippen LogP contribution in [0.1, 0.15) is 18.9 Å². The van der Waals surface area contributed by atoms with Crippen LogP contribution in [0.2, 0.25) is 0 Å². The first-order valence-corrected chi connectivity index (χ1v) is 6.97. The maximum Gasteiger partial charge on any atom is 0.315 e. The number of aromatic nitrogens is 2. The molecule has 0 aliphatic carbocycles. The minimum atomic E-state index is -0.635. The Bertz CT molecular complexity index is 730. The molecule has 3 rings (SSSR count). The van der Waals surface area contributed by atoms with Crippen LogP contribution < -0.4 is 16.0 Å². The quantitative estimate of drug-likeness (QED) is 0.770. The van der Waals surface area contributed by atoms with E-state index < -0.39 is 12.1 Å². The molecular weight excluding hydrogens is 305 g/mol. The van der Waals surface area contributed by atoms with Crippen LogP contribution in [0.3, 0.4) is 0 Å². The van der Waals surface area contributed by atoms with Crippen molar-refractivity contribution in [2.24, 2.45) is 0 Å². The third-order valence-corrected chi connectivity index (χ3v) is 3.36. The van der Waals surface area contributed by atoms with E-state index in [4.69, 9.17) is 4.52 Å². The number of amides is 3. The molecule has 0 radical (unpaired) electrons. The molecule has 1 fully saturated rings. The number of halogens is 1. The minimum absolute atomic E-state index is 0.218. The van der Waals surface area contributed by atoms with Crippen molar-refractivity contribution >= 4 is 11.9 Å². The highest BCUT2D eigenvalue weighted by atomic mass is 19.1. The molecule has 0 bridgehead atoms. The zero-order chi connectivity index (χ0) is 16.4. The smallest absolute Gasteiger partial charge is 0.315 e. The van der Waals surface area contributed by atoms with Crippen LogP contribution in [-0.2, 0) is 4.79 Å². The fraction of sp³-hybridized carbons (Fsp3) is 0.286. The van der Waals surface area contributed by atoms with E-state index in [1.54, 1.807) is 6.92 Å². The molecule has 2 heterocycles. The molecule has 23 heavy (non-hydrogen) atoms. The lowest BCUT2D eigenvalue weighted by molar-refractivity contribution is -0.123. The summed E-state index contributed by atoms with van der Waals surface area (Å²) in [6.45, 7) is 1.91. The van der Waals surface area contributed by atoms with Gasteiger partial charge in [-0.05, 0) is 31.2 Å². The SMILES string of the molecule is C[C@H](NC(=O)[C@@H]1CNC(=O)N1)c1nc(-c2ccc(F)cc2)no1. The molecule has 0 saturated carbocycles. The average molecular weight is 319 g/mol. The molecule has 3 amide bonds. The molecule has 8 nitrogen and oxygen atoms in total. The second-order valence-corrected chi connectivity index (χ2v) is 5.10. The van der Waals surface area contributed by atoms with Gasteiger partial charge in [-0.3, -0.25) is 4.79 Å². The van der Waals surface area contributed by atoms with Gasteiger partial charge in [-0.2, -0.15) is 4.98 Å². The summed E-state index contributed by atoms with van der Waals surface area (Å²) in [5.41, 5.74) is 0.604. The summed E-state index contributed by atoms with van der Waals surface area (Å²) in [6, 6.07) is 4.12.